The normalized spacial score (nSPS) is 15.7. The maximum absolute atomic E-state index is 13.8. The number of alkyl halides is 3. The van der Waals surface area contributed by atoms with E-state index in [1.54, 1.807) is 6.07 Å². The molecule has 0 radical (unpaired) electrons. The van der Waals surface area contributed by atoms with E-state index in [9.17, 15) is 30.8 Å². The fraction of sp³-hybridized carbons (Fsp3) is 0.296. The van der Waals surface area contributed by atoms with E-state index in [1.165, 1.54) is 42.3 Å². The topological polar surface area (TPSA) is 82.1 Å². The third kappa shape index (κ3) is 7.07. The molecule has 7 nitrogen and oxygen atoms in total. The molecule has 0 spiro atoms. The van der Waals surface area contributed by atoms with Crippen LogP contribution >= 0.6 is 0 Å². The summed E-state index contributed by atoms with van der Waals surface area (Å²) in [4.78, 5) is 14.1. The molecular formula is C27H25F4NO6S. The number of benzene rings is 3. The van der Waals surface area contributed by atoms with E-state index in [2.05, 4.69) is 0 Å². The van der Waals surface area contributed by atoms with Crippen LogP contribution in [0.5, 0.6) is 11.5 Å². The van der Waals surface area contributed by atoms with Gasteiger partial charge >= 0.3 is 16.3 Å². The van der Waals surface area contributed by atoms with Crippen molar-refractivity contribution in [3.63, 3.8) is 0 Å². The number of hydrogen-bond donors (Lipinski definition) is 0. The molecule has 0 bridgehead atoms. The Morgan fingerprint density at radius 2 is 1.82 bits per heavy atom. The van der Waals surface area contributed by atoms with Crippen LogP contribution in [0.2, 0.25) is 0 Å². The Morgan fingerprint density at radius 3 is 2.49 bits per heavy atom. The molecule has 1 atom stereocenters. The minimum absolute atomic E-state index is 0.0106. The molecule has 1 amide bonds. The molecule has 4 rings (SSSR count). The molecule has 12 heteroatoms. The monoisotopic (exact) mass is 567 g/mol. The van der Waals surface area contributed by atoms with Crippen molar-refractivity contribution in [1.82, 2.24) is 4.90 Å². The second-order valence-electron chi connectivity index (χ2n) is 8.88. The van der Waals surface area contributed by atoms with Gasteiger partial charge in [-0.15, -0.1) is 0 Å². The highest BCUT2D eigenvalue weighted by molar-refractivity contribution is 7.87. The van der Waals surface area contributed by atoms with Crippen LogP contribution in [0.3, 0.4) is 0 Å². The largest absolute Gasteiger partial charge is 0.493 e. The first-order valence-electron chi connectivity index (χ1n) is 11.9. The van der Waals surface area contributed by atoms with E-state index in [-0.39, 0.29) is 36.3 Å². The number of carbonyl (C=O) groups excluding carboxylic acids is 1. The number of rotatable bonds is 9. The van der Waals surface area contributed by atoms with Gasteiger partial charge in [-0.25, -0.2) is 4.39 Å². The smallest absolute Gasteiger partial charge is 0.416 e. The van der Waals surface area contributed by atoms with E-state index >= 15 is 0 Å². The summed E-state index contributed by atoms with van der Waals surface area (Å²) in [6.45, 7) is 0.750. The average molecular weight is 568 g/mol. The van der Waals surface area contributed by atoms with Gasteiger partial charge in [-0.2, -0.15) is 21.6 Å². The fourth-order valence-electron chi connectivity index (χ4n) is 4.16. The lowest BCUT2D eigenvalue weighted by Gasteiger charge is -2.26. The van der Waals surface area contributed by atoms with Gasteiger partial charge in [-0.05, 0) is 66.9 Å². The molecule has 39 heavy (non-hydrogen) atoms. The number of halogens is 4. The molecule has 3 aromatic rings. The Labute approximate surface area is 223 Å². The summed E-state index contributed by atoms with van der Waals surface area (Å²) in [7, 11) is -3.41. The molecule has 1 aliphatic rings. The highest BCUT2D eigenvalue weighted by Gasteiger charge is 2.32. The van der Waals surface area contributed by atoms with Crippen molar-refractivity contribution < 1.29 is 44.4 Å². The van der Waals surface area contributed by atoms with Gasteiger partial charge in [0.15, 0.2) is 11.5 Å². The number of hydrogen-bond acceptors (Lipinski definition) is 6. The van der Waals surface area contributed by atoms with E-state index in [1.807, 2.05) is 0 Å². The molecule has 208 valence electrons. The summed E-state index contributed by atoms with van der Waals surface area (Å²) in [6.07, 6.45) is -3.40. The first kappa shape index (κ1) is 28.4. The quantitative estimate of drug-likeness (QED) is 0.253. The van der Waals surface area contributed by atoms with Crippen molar-refractivity contribution >= 4 is 16.0 Å². The van der Waals surface area contributed by atoms with Gasteiger partial charge < -0.3 is 18.6 Å². The zero-order chi connectivity index (χ0) is 28.2. The lowest BCUT2D eigenvalue weighted by molar-refractivity contribution is -0.137. The van der Waals surface area contributed by atoms with Crippen LogP contribution in [-0.4, -0.2) is 45.6 Å². The maximum atomic E-state index is 13.8. The van der Waals surface area contributed by atoms with Crippen LogP contribution < -0.4 is 8.92 Å². The van der Waals surface area contributed by atoms with Gasteiger partial charge in [0.1, 0.15) is 10.7 Å². The van der Waals surface area contributed by atoms with Gasteiger partial charge in [-0.3, -0.25) is 4.79 Å². The van der Waals surface area contributed by atoms with Crippen molar-refractivity contribution in [2.24, 2.45) is 0 Å². The zero-order valence-corrected chi connectivity index (χ0v) is 21.6. The predicted octanol–water partition coefficient (Wildman–Crippen LogP) is 5.44. The molecule has 1 aliphatic heterocycles. The molecule has 0 aromatic heterocycles. The minimum Gasteiger partial charge on any atom is -0.493 e. The summed E-state index contributed by atoms with van der Waals surface area (Å²) in [5.41, 5.74) is -0.577. The zero-order valence-electron chi connectivity index (χ0n) is 20.8. The summed E-state index contributed by atoms with van der Waals surface area (Å²) in [5, 5.41) is 0. The third-order valence-electron chi connectivity index (χ3n) is 6.06. The second kappa shape index (κ2) is 11.6. The van der Waals surface area contributed by atoms with Crippen molar-refractivity contribution in [3.8, 4) is 11.5 Å². The number of methoxy groups -OCH3 is 1. The maximum Gasteiger partial charge on any atom is 0.416 e. The molecule has 1 saturated heterocycles. The Bertz CT molecular complexity index is 1440. The number of carbonyl (C=O) groups is 1. The van der Waals surface area contributed by atoms with Gasteiger partial charge in [-0.1, -0.05) is 18.2 Å². The summed E-state index contributed by atoms with van der Waals surface area (Å²) in [6, 6.07) is 12.8. The van der Waals surface area contributed by atoms with Crippen LogP contribution in [0.15, 0.2) is 71.6 Å². The Kier molecular flexibility index (Phi) is 8.45. The van der Waals surface area contributed by atoms with Crippen LogP contribution in [0.4, 0.5) is 17.6 Å². The molecular weight excluding hydrogens is 542 g/mol. The second-order valence-corrected chi connectivity index (χ2v) is 10.4. The van der Waals surface area contributed by atoms with E-state index in [4.69, 9.17) is 13.7 Å². The molecule has 1 fully saturated rings. The fourth-order valence-corrected chi connectivity index (χ4v) is 5.14. The van der Waals surface area contributed by atoms with E-state index < -0.39 is 38.5 Å². The standard InChI is InChI=1S/C27H25F4NO6S/c1-36-24-11-10-18(13-25(24)38-39(34,35)23-9-3-6-20(15-23)27(29,30)31)16-32(17-22-8-4-12-37-22)26(33)19-5-2-7-21(28)14-19/h2-3,5-7,9-11,13-15,22H,4,8,12,16-17H2,1H3/t22-/m1/s1. The number of ether oxygens (including phenoxy) is 2. The first-order chi connectivity index (χ1) is 18.5. The van der Waals surface area contributed by atoms with Crippen molar-refractivity contribution in [2.75, 3.05) is 20.3 Å². The van der Waals surface area contributed by atoms with E-state index in [0.717, 1.165) is 37.1 Å². The summed E-state index contributed by atoms with van der Waals surface area (Å²) in [5.74, 6) is -1.29. The highest BCUT2D eigenvalue weighted by atomic mass is 32.2. The summed E-state index contributed by atoms with van der Waals surface area (Å²) < 4.78 is 95.0. The van der Waals surface area contributed by atoms with Gasteiger partial charge in [0.2, 0.25) is 0 Å². The van der Waals surface area contributed by atoms with Crippen LogP contribution in [0, 0.1) is 5.82 Å². The molecule has 0 saturated carbocycles. The average Bonchev–Trinajstić information content (AvgIpc) is 3.41. The van der Waals surface area contributed by atoms with Crippen LogP contribution in [-0.2, 0) is 27.6 Å². The van der Waals surface area contributed by atoms with Gasteiger partial charge in [0, 0.05) is 25.3 Å². The highest BCUT2D eigenvalue weighted by Crippen LogP contribution is 2.34. The molecule has 3 aromatic carbocycles. The van der Waals surface area contributed by atoms with Gasteiger partial charge in [0.05, 0.1) is 18.8 Å². The van der Waals surface area contributed by atoms with Crippen molar-refractivity contribution in [2.45, 2.75) is 36.6 Å². The Hall–Kier alpha value is -3.64. The van der Waals surface area contributed by atoms with Gasteiger partial charge in [0.25, 0.3) is 5.91 Å². The Balaban J connectivity index is 1.63. The molecule has 0 N–H and O–H groups in total. The molecule has 0 unspecified atom stereocenters. The van der Waals surface area contributed by atoms with Crippen molar-refractivity contribution in [3.05, 3.63) is 89.2 Å². The van der Waals surface area contributed by atoms with Crippen LogP contribution in [0.25, 0.3) is 0 Å². The SMILES string of the molecule is COc1ccc(CN(C[C@H]2CCCO2)C(=O)c2cccc(F)c2)cc1OS(=O)(=O)c1cccc(C(F)(F)F)c1. The van der Waals surface area contributed by atoms with E-state index in [0.29, 0.717) is 18.2 Å². The lowest BCUT2D eigenvalue weighted by Crippen LogP contribution is -2.37. The first-order valence-corrected chi connectivity index (χ1v) is 13.3. The summed E-state index contributed by atoms with van der Waals surface area (Å²) >= 11 is 0. The Morgan fingerprint density at radius 1 is 1.05 bits per heavy atom. The third-order valence-corrected chi connectivity index (χ3v) is 7.29. The number of nitrogens with zero attached hydrogens (tertiary/aromatic N) is 1. The predicted molar refractivity (Wildman–Crippen MR) is 132 cm³/mol. The molecule has 0 aliphatic carbocycles. The van der Waals surface area contributed by atoms with Crippen molar-refractivity contribution in [1.29, 1.82) is 0 Å². The number of amides is 1. The van der Waals surface area contributed by atoms with Crippen LogP contribution in [0.1, 0.15) is 34.3 Å². The lowest BCUT2D eigenvalue weighted by atomic mass is 10.1. The molecule has 1 heterocycles. The minimum atomic E-state index is -4.75.